The molecule has 4 nitrogen and oxygen atoms in total. The van der Waals surface area contributed by atoms with Gasteiger partial charge in [0, 0.05) is 29.7 Å². The Labute approximate surface area is 125 Å². The average molecular weight is 287 g/mol. The Morgan fingerprint density at radius 2 is 1.05 bits per heavy atom. The second-order valence-electron chi connectivity index (χ2n) is 4.36. The van der Waals surface area contributed by atoms with Crippen molar-refractivity contribution in [2.75, 3.05) is 28.4 Å². The molecule has 0 aromatic heterocycles. The monoisotopic (exact) mass is 287 g/mol. The predicted octanol–water partition coefficient (Wildman–Crippen LogP) is 3.32. The van der Waals surface area contributed by atoms with Crippen molar-refractivity contribution < 1.29 is 18.9 Å². The number of hydrogen-bond acceptors (Lipinski definition) is 4. The lowest BCUT2D eigenvalue weighted by atomic mass is 10.0. The van der Waals surface area contributed by atoms with Gasteiger partial charge in [0.15, 0.2) is 0 Å². The van der Waals surface area contributed by atoms with Crippen LogP contribution < -0.4 is 18.9 Å². The summed E-state index contributed by atoms with van der Waals surface area (Å²) < 4.78 is 21.2. The molecule has 0 heterocycles. The summed E-state index contributed by atoms with van der Waals surface area (Å²) in [6, 6.07) is 11.4. The summed E-state index contributed by atoms with van der Waals surface area (Å²) in [5.41, 5.74) is 1.89. The topological polar surface area (TPSA) is 36.9 Å². The van der Waals surface area contributed by atoms with Gasteiger partial charge >= 0.3 is 0 Å². The molecule has 2 aromatic carbocycles. The van der Waals surface area contributed by atoms with Crippen molar-refractivity contribution in [2.45, 2.75) is 0 Å². The van der Waals surface area contributed by atoms with Gasteiger partial charge in [-0.2, -0.15) is 0 Å². The van der Waals surface area contributed by atoms with Crippen LogP contribution in [0.1, 0.15) is 11.1 Å². The van der Waals surface area contributed by atoms with Gasteiger partial charge in [0.1, 0.15) is 23.0 Å². The SMILES string of the molecule is COc1ccc([CH]c2ccc(OC)cc2OC)c(OC)c1. The van der Waals surface area contributed by atoms with Crippen LogP contribution >= 0.6 is 0 Å². The Bertz CT molecular complexity index is 554. The van der Waals surface area contributed by atoms with Gasteiger partial charge in [0.25, 0.3) is 0 Å². The van der Waals surface area contributed by atoms with Crippen LogP contribution in [0.2, 0.25) is 0 Å². The lowest BCUT2D eigenvalue weighted by Crippen LogP contribution is -1.96. The summed E-state index contributed by atoms with van der Waals surface area (Å²) in [7, 11) is 6.53. The van der Waals surface area contributed by atoms with E-state index in [2.05, 4.69) is 0 Å². The lowest BCUT2D eigenvalue weighted by Gasteiger charge is -2.13. The van der Waals surface area contributed by atoms with Crippen molar-refractivity contribution in [1.29, 1.82) is 0 Å². The van der Waals surface area contributed by atoms with Gasteiger partial charge in [0.05, 0.1) is 28.4 Å². The molecule has 0 fully saturated rings. The van der Waals surface area contributed by atoms with Gasteiger partial charge in [-0.25, -0.2) is 0 Å². The van der Waals surface area contributed by atoms with E-state index in [4.69, 9.17) is 18.9 Å². The maximum atomic E-state index is 5.40. The molecule has 0 aliphatic heterocycles. The van der Waals surface area contributed by atoms with Gasteiger partial charge in [-0.15, -0.1) is 0 Å². The highest BCUT2D eigenvalue weighted by molar-refractivity contribution is 5.54. The van der Waals surface area contributed by atoms with Crippen molar-refractivity contribution in [2.24, 2.45) is 0 Å². The van der Waals surface area contributed by atoms with Gasteiger partial charge in [0.2, 0.25) is 0 Å². The first-order valence-electron chi connectivity index (χ1n) is 6.50. The maximum absolute atomic E-state index is 5.40. The number of benzene rings is 2. The number of hydrogen-bond donors (Lipinski definition) is 0. The summed E-state index contributed by atoms with van der Waals surface area (Å²) in [5.74, 6) is 3.00. The quantitative estimate of drug-likeness (QED) is 0.816. The Hall–Kier alpha value is -2.36. The van der Waals surface area contributed by atoms with E-state index in [9.17, 15) is 0 Å². The van der Waals surface area contributed by atoms with Crippen LogP contribution in [0.15, 0.2) is 36.4 Å². The van der Waals surface area contributed by atoms with Gasteiger partial charge in [-0.1, -0.05) is 12.1 Å². The summed E-state index contributed by atoms with van der Waals surface area (Å²) in [6.07, 6.45) is 2.00. The smallest absolute Gasteiger partial charge is 0.126 e. The van der Waals surface area contributed by atoms with E-state index in [1.165, 1.54) is 0 Å². The van der Waals surface area contributed by atoms with E-state index in [1.807, 2.05) is 42.8 Å². The molecular formula is C17H19O4. The first-order chi connectivity index (χ1) is 10.2. The Morgan fingerprint density at radius 3 is 1.38 bits per heavy atom. The van der Waals surface area contributed by atoms with Crippen LogP contribution in [0, 0.1) is 6.42 Å². The molecule has 0 N–H and O–H groups in total. The van der Waals surface area contributed by atoms with Crippen molar-refractivity contribution >= 4 is 0 Å². The first kappa shape index (κ1) is 15.0. The van der Waals surface area contributed by atoms with Crippen LogP contribution in [-0.4, -0.2) is 28.4 Å². The molecule has 111 valence electrons. The average Bonchev–Trinajstić information content (AvgIpc) is 2.55. The molecule has 0 amide bonds. The number of ether oxygens (including phenoxy) is 4. The number of methoxy groups -OCH3 is 4. The van der Waals surface area contributed by atoms with E-state index in [1.54, 1.807) is 28.4 Å². The third-order valence-electron chi connectivity index (χ3n) is 3.19. The van der Waals surface area contributed by atoms with E-state index < -0.39 is 0 Å². The zero-order valence-corrected chi connectivity index (χ0v) is 12.7. The van der Waals surface area contributed by atoms with Crippen molar-refractivity contribution in [1.82, 2.24) is 0 Å². The molecule has 0 spiro atoms. The fraction of sp³-hybridized carbons (Fsp3) is 0.235. The van der Waals surface area contributed by atoms with Crippen molar-refractivity contribution in [3.8, 4) is 23.0 Å². The summed E-state index contributed by atoms with van der Waals surface area (Å²) >= 11 is 0. The zero-order chi connectivity index (χ0) is 15.2. The zero-order valence-electron chi connectivity index (χ0n) is 12.7. The predicted molar refractivity (Wildman–Crippen MR) is 81.6 cm³/mol. The minimum Gasteiger partial charge on any atom is -0.497 e. The maximum Gasteiger partial charge on any atom is 0.126 e. The van der Waals surface area contributed by atoms with Gasteiger partial charge < -0.3 is 18.9 Å². The molecular weight excluding hydrogens is 268 g/mol. The summed E-state index contributed by atoms with van der Waals surface area (Å²) in [4.78, 5) is 0. The van der Waals surface area contributed by atoms with Crippen LogP contribution in [0.5, 0.6) is 23.0 Å². The highest BCUT2D eigenvalue weighted by atomic mass is 16.5. The molecule has 0 unspecified atom stereocenters. The largest absolute Gasteiger partial charge is 0.497 e. The highest BCUT2D eigenvalue weighted by Gasteiger charge is 2.11. The Kier molecular flexibility index (Phi) is 4.93. The van der Waals surface area contributed by atoms with Crippen LogP contribution in [0.3, 0.4) is 0 Å². The highest BCUT2D eigenvalue weighted by Crippen LogP contribution is 2.32. The minimum atomic E-state index is 0.743. The van der Waals surface area contributed by atoms with Crippen LogP contribution in [0.25, 0.3) is 0 Å². The Balaban J connectivity index is 2.33. The molecule has 0 aliphatic rings. The molecule has 0 bridgehead atoms. The molecule has 4 heteroatoms. The molecule has 1 radical (unpaired) electrons. The number of rotatable bonds is 6. The van der Waals surface area contributed by atoms with E-state index in [-0.39, 0.29) is 0 Å². The molecule has 2 rings (SSSR count). The molecule has 0 saturated heterocycles. The second-order valence-corrected chi connectivity index (χ2v) is 4.36. The van der Waals surface area contributed by atoms with E-state index in [0.29, 0.717) is 0 Å². The fourth-order valence-electron chi connectivity index (χ4n) is 2.04. The summed E-state index contributed by atoms with van der Waals surface area (Å²) in [6.45, 7) is 0. The molecule has 0 aliphatic carbocycles. The standard InChI is InChI=1S/C17H19O4/c1-18-14-7-5-12(16(10-14)20-3)9-13-6-8-15(19-2)11-17(13)21-4/h5-11H,1-4H3. The van der Waals surface area contributed by atoms with E-state index >= 15 is 0 Å². The van der Waals surface area contributed by atoms with E-state index in [0.717, 1.165) is 34.1 Å². The first-order valence-corrected chi connectivity index (χ1v) is 6.50. The van der Waals surface area contributed by atoms with Crippen molar-refractivity contribution in [3.05, 3.63) is 53.9 Å². The van der Waals surface area contributed by atoms with Crippen LogP contribution in [0.4, 0.5) is 0 Å². The van der Waals surface area contributed by atoms with Crippen molar-refractivity contribution in [3.63, 3.8) is 0 Å². The fourth-order valence-corrected chi connectivity index (χ4v) is 2.04. The minimum absolute atomic E-state index is 0.743. The third-order valence-corrected chi connectivity index (χ3v) is 3.19. The second kappa shape index (κ2) is 6.88. The Morgan fingerprint density at radius 1 is 0.619 bits per heavy atom. The van der Waals surface area contributed by atoms with Gasteiger partial charge in [-0.3, -0.25) is 0 Å². The molecule has 0 atom stereocenters. The normalized spacial score (nSPS) is 10.1. The molecule has 2 aromatic rings. The molecule has 0 saturated carbocycles. The van der Waals surface area contributed by atoms with Crippen LogP contribution in [-0.2, 0) is 0 Å². The van der Waals surface area contributed by atoms with Gasteiger partial charge in [-0.05, 0) is 12.1 Å². The third kappa shape index (κ3) is 3.40. The lowest BCUT2D eigenvalue weighted by molar-refractivity contribution is 0.391. The molecule has 21 heavy (non-hydrogen) atoms. The summed E-state index contributed by atoms with van der Waals surface area (Å²) in [5, 5.41) is 0.